The zero-order valence-corrected chi connectivity index (χ0v) is 21.6. The Bertz CT molecular complexity index is 1060. The summed E-state index contributed by atoms with van der Waals surface area (Å²) in [4.78, 5) is 16.4. The van der Waals surface area contributed by atoms with E-state index >= 15 is 0 Å². The van der Waals surface area contributed by atoms with E-state index in [2.05, 4.69) is 35.2 Å². The normalized spacial score (nSPS) is 17.7. The molecule has 2 aliphatic rings. The average molecular weight is 496 g/mol. The number of halogens is 1. The van der Waals surface area contributed by atoms with Crippen LogP contribution < -0.4 is 9.64 Å². The molecule has 0 aromatic heterocycles. The van der Waals surface area contributed by atoms with E-state index < -0.39 is 5.60 Å². The molecule has 0 saturated carbocycles. The second-order valence-electron chi connectivity index (χ2n) is 10.4. The average Bonchev–Trinajstić information content (AvgIpc) is 2.84. The van der Waals surface area contributed by atoms with Crippen LogP contribution in [0.2, 0.25) is 5.02 Å². The van der Waals surface area contributed by atoms with Gasteiger partial charge in [-0.15, -0.1) is 0 Å². The predicted molar refractivity (Wildman–Crippen MR) is 138 cm³/mol. The highest BCUT2D eigenvalue weighted by molar-refractivity contribution is 6.32. The standard InChI is InChI=1S/C28H34ClN3O3/c1-28(2,3)35-27(33)32-14-10-21(11-15-32)20-5-8-24(9-6-20)34-25-12-16-31(17-13-25)23-7-4-22(19-30)26(29)18-23/h4-9,18,21,25H,10-17H2,1-3H3. The van der Waals surface area contributed by atoms with Gasteiger partial charge in [-0.05, 0) is 75.4 Å². The van der Waals surface area contributed by atoms with Crippen molar-refractivity contribution in [3.8, 4) is 11.8 Å². The van der Waals surface area contributed by atoms with E-state index in [1.165, 1.54) is 5.56 Å². The maximum atomic E-state index is 12.3. The van der Waals surface area contributed by atoms with E-state index in [-0.39, 0.29) is 12.2 Å². The van der Waals surface area contributed by atoms with Crippen molar-refractivity contribution in [3.63, 3.8) is 0 Å². The largest absolute Gasteiger partial charge is 0.490 e. The third kappa shape index (κ3) is 6.61. The summed E-state index contributed by atoms with van der Waals surface area (Å²) in [5.41, 5.74) is 2.39. The number of nitrogens with zero attached hydrogens (tertiary/aromatic N) is 3. The summed E-state index contributed by atoms with van der Waals surface area (Å²) in [6.07, 6.45) is 3.72. The lowest BCUT2D eigenvalue weighted by atomic mass is 9.89. The van der Waals surface area contributed by atoms with Crippen LogP contribution in [0.25, 0.3) is 0 Å². The molecule has 2 saturated heterocycles. The number of nitriles is 1. The van der Waals surface area contributed by atoms with Crippen LogP contribution in [0.3, 0.4) is 0 Å². The molecule has 2 aromatic rings. The maximum Gasteiger partial charge on any atom is 0.410 e. The molecule has 2 heterocycles. The van der Waals surface area contributed by atoms with Gasteiger partial charge in [0, 0.05) is 44.7 Å². The number of rotatable bonds is 4. The zero-order valence-electron chi connectivity index (χ0n) is 20.8. The van der Waals surface area contributed by atoms with Crippen LogP contribution in [-0.4, -0.2) is 48.9 Å². The van der Waals surface area contributed by atoms with Gasteiger partial charge in [0.25, 0.3) is 0 Å². The van der Waals surface area contributed by atoms with Gasteiger partial charge < -0.3 is 19.3 Å². The first-order valence-corrected chi connectivity index (χ1v) is 12.8. The molecule has 0 aliphatic carbocycles. The van der Waals surface area contributed by atoms with Crippen molar-refractivity contribution in [1.82, 2.24) is 4.90 Å². The van der Waals surface area contributed by atoms with Crippen LogP contribution in [0.1, 0.15) is 63.5 Å². The van der Waals surface area contributed by atoms with Crippen molar-refractivity contribution in [1.29, 1.82) is 5.26 Å². The monoisotopic (exact) mass is 495 g/mol. The maximum absolute atomic E-state index is 12.3. The van der Waals surface area contributed by atoms with Gasteiger partial charge in [0.05, 0.1) is 10.6 Å². The van der Waals surface area contributed by atoms with E-state index in [0.29, 0.717) is 16.5 Å². The van der Waals surface area contributed by atoms with Crippen LogP contribution in [0.4, 0.5) is 10.5 Å². The van der Waals surface area contributed by atoms with Gasteiger partial charge in [-0.3, -0.25) is 0 Å². The summed E-state index contributed by atoms with van der Waals surface area (Å²) in [5, 5.41) is 9.57. The van der Waals surface area contributed by atoms with E-state index in [1.54, 1.807) is 6.07 Å². The number of hydrogen-bond donors (Lipinski definition) is 0. The summed E-state index contributed by atoms with van der Waals surface area (Å²) in [6, 6.07) is 16.2. The second-order valence-corrected chi connectivity index (χ2v) is 10.8. The molecule has 2 aromatic carbocycles. The minimum Gasteiger partial charge on any atom is -0.490 e. The van der Waals surface area contributed by atoms with Crippen molar-refractivity contribution in [3.05, 3.63) is 58.6 Å². The number of carbonyl (C=O) groups excluding carboxylic acids is 1. The minimum atomic E-state index is -0.461. The Morgan fingerprint density at radius 3 is 2.23 bits per heavy atom. The number of hydrogen-bond acceptors (Lipinski definition) is 5. The fourth-order valence-corrected chi connectivity index (χ4v) is 4.97. The Balaban J connectivity index is 1.24. The number of piperidine rings is 2. The molecular weight excluding hydrogens is 462 g/mol. The molecule has 1 amide bonds. The first-order valence-electron chi connectivity index (χ1n) is 12.4. The minimum absolute atomic E-state index is 0.183. The van der Waals surface area contributed by atoms with Gasteiger partial charge >= 0.3 is 6.09 Å². The summed E-state index contributed by atoms with van der Waals surface area (Å²) in [6.45, 7) is 8.92. The highest BCUT2D eigenvalue weighted by Gasteiger charge is 2.27. The summed E-state index contributed by atoms with van der Waals surface area (Å²) in [5.74, 6) is 1.35. The molecule has 2 fully saturated rings. The van der Waals surface area contributed by atoms with Crippen molar-refractivity contribution in [2.24, 2.45) is 0 Å². The molecule has 35 heavy (non-hydrogen) atoms. The van der Waals surface area contributed by atoms with Crippen LogP contribution in [0.15, 0.2) is 42.5 Å². The molecular formula is C28H34ClN3O3. The lowest BCUT2D eigenvalue weighted by Crippen LogP contribution is -2.41. The van der Waals surface area contributed by atoms with E-state index in [0.717, 1.165) is 63.3 Å². The third-order valence-corrected chi connectivity index (χ3v) is 6.99. The molecule has 7 heteroatoms. The Labute approximate surface area is 213 Å². The number of anilines is 1. The van der Waals surface area contributed by atoms with E-state index in [4.69, 9.17) is 26.3 Å². The number of ether oxygens (including phenoxy) is 2. The molecule has 0 atom stereocenters. The molecule has 186 valence electrons. The Kier molecular flexibility index (Phi) is 7.76. The topological polar surface area (TPSA) is 65.8 Å². The number of benzene rings is 2. The predicted octanol–water partition coefficient (Wildman–Crippen LogP) is 6.37. The summed E-state index contributed by atoms with van der Waals surface area (Å²) < 4.78 is 11.8. The lowest BCUT2D eigenvalue weighted by Gasteiger charge is -2.34. The highest BCUT2D eigenvalue weighted by atomic mass is 35.5. The smallest absolute Gasteiger partial charge is 0.410 e. The van der Waals surface area contributed by atoms with Gasteiger partial charge in [0.15, 0.2) is 0 Å². The number of carbonyl (C=O) groups is 1. The van der Waals surface area contributed by atoms with Crippen molar-refractivity contribution < 1.29 is 14.3 Å². The summed E-state index contributed by atoms with van der Waals surface area (Å²) in [7, 11) is 0. The fourth-order valence-electron chi connectivity index (χ4n) is 4.76. The Morgan fingerprint density at radius 1 is 1.00 bits per heavy atom. The molecule has 0 spiro atoms. The van der Waals surface area contributed by atoms with Crippen molar-refractivity contribution in [2.75, 3.05) is 31.1 Å². The number of amides is 1. The molecule has 0 bridgehead atoms. The molecule has 4 rings (SSSR count). The fraction of sp³-hybridized carbons (Fsp3) is 0.500. The lowest BCUT2D eigenvalue weighted by molar-refractivity contribution is 0.0205. The molecule has 0 unspecified atom stereocenters. The van der Waals surface area contributed by atoms with Crippen molar-refractivity contribution in [2.45, 2.75) is 64.1 Å². The van der Waals surface area contributed by atoms with Gasteiger partial charge in [-0.2, -0.15) is 5.26 Å². The summed E-state index contributed by atoms with van der Waals surface area (Å²) >= 11 is 6.20. The van der Waals surface area contributed by atoms with Crippen LogP contribution in [-0.2, 0) is 4.74 Å². The van der Waals surface area contributed by atoms with Gasteiger partial charge in [-0.1, -0.05) is 23.7 Å². The van der Waals surface area contributed by atoms with Gasteiger partial charge in [0.1, 0.15) is 23.5 Å². The Morgan fingerprint density at radius 2 is 1.66 bits per heavy atom. The van der Waals surface area contributed by atoms with Crippen LogP contribution in [0, 0.1) is 11.3 Å². The van der Waals surface area contributed by atoms with Crippen LogP contribution >= 0.6 is 11.6 Å². The number of likely N-dealkylation sites (tertiary alicyclic amines) is 1. The van der Waals surface area contributed by atoms with Gasteiger partial charge in [0.2, 0.25) is 0 Å². The second kappa shape index (κ2) is 10.8. The quantitative estimate of drug-likeness (QED) is 0.492. The SMILES string of the molecule is CC(C)(C)OC(=O)N1CCC(c2ccc(OC3CCN(c4ccc(C#N)c(Cl)c4)CC3)cc2)CC1. The zero-order chi connectivity index (χ0) is 25.0. The molecule has 2 aliphatic heterocycles. The van der Waals surface area contributed by atoms with Crippen LogP contribution in [0.5, 0.6) is 5.75 Å². The first-order chi connectivity index (χ1) is 16.7. The van der Waals surface area contributed by atoms with E-state index in [1.807, 2.05) is 37.8 Å². The first kappa shape index (κ1) is 25.2. The Hall–Kier alpha value is -2.91. The molecule has 6 nitrogen and oxygen atoms in total. The highest BCUT2D eigenvalue weighted by Crippen LogP contribution is 2.31. The van der Waals surface area contributed by atoms with Crippen molar-refractivity contribution >= 4 is 23.4 Å². The van der Waals surface area contributed by atoms with E-state index in [9.17, 15) is 4.79 Å². The molecule has 0 N–H and O–H groups in total. The van der Waals surface area contributed by atoms with Gasteiger partial charge in [-0.25, -0.2) is 4.79 Å². The third-order valence-electron chi connectivity index (χ3n) is 6.68. The molecule has 0 radical (unpaired) electrons.